The topological polar surface area (TPSA) is 58.4 Å². The van der Waals surface area contributed by atoms with Crippen LogP contribution in [0.4, 0.5) is 0 Å². The minimum Gasteiger partial charge on any atom is -0.358 e. The molecule has 1 aromatic rings. The fraction of sp³-hybridized carbons (Fsp3) is 0.417. The number of hydrogen-bond donors (Lipinski definition) is 2. The number of amides is 1. The maximum Gasteiger partial charge on any atom is 0.233 e. The first-order valence-corrected chi connectivity index (χ1v) is 5.43. The summed E-state index contributed by atoms with van der Waals surface area (Å²) in [4.78, 5) is 13.3. The third-order valence-corrected chi connectivity index (χ3v) is 2.34. The summed E-state index contributed by atoms with van der Waals surface area (Å²) in [5.74, 6) is 0.0179. The molecule has 17 heavy (non-hydrogen) atoms. The average Bonchev–Trinajstić information content (AvgIpc) is 2.30. The van der Waals surface area contributed by atoms with Gasteiger partial charge in [-0.15, -0.1) is 12.4 Å². The standard InChI is InChI=1S/C12H19N3O.ClH/c1-14-12(16)10-15(8-7-13)9-11-5-3-2-4-6-11;/h2-6H,7-10,13H2,1H3,(H,14,16);1H. The molecule has 0 aliphatic rings. The van der Waals surface area contributed by atoms with E-state index in [4.69, 9.17) is 5.73 Å². The second-order valence-corrected chi connectivity index (χ2v) is 3.66. The number of hydrogen-bond acceptors (Lipinski definition) is 3. The molecular weight excluding hydrogens is 238 g/mol. The molecule has 0 aromatic heterocycles. The molecule has 0 spiro atoms. The van der Waals surface area contributed by atoms with E-state index in [1.165, 1.54) is 5.56 Å². The number of nitrogens with zero attached hydrogens (tertiary/aromatic N) is 1. The lowest BCUT2D eigenvalue weighted by Gasteiger charge is -2.20. The molecule has 0 atom stereocenters. The predicted octanol–water partition coefficient (Wildman–Crippen LogP) is 0.615. The van der Waals surface area contributed by atoms with Crippen LogP contribution in [-0.2, 0) is 11.3 Å². The van der Waals surface area contributed by atoms with Crippen molar-refractivity contribution in [1.82, 2.24) is 10.2 Å². The van der Waals surface area contributed by atoms with Crippen LogP contribution in [0.1, 0.15) is 5.56 Å². The summed E-state index contributed by atoms with van der Waals surface area (Å²) < 4.78 is 0. The van der Waals surface area contributed by atoms with Crippen LogP contribution in [0.2, 0.25) is 0 Å². The van der Waals surface area contributed by atoms with Gasteiger partial charge in [-0.05, 0) is 5.56 Å². The van der Waals surface area contributed by atoms with Crippen molar-refractivity contribution < 1.29 is 4.79 Å². The van der Waals surface area contributed by atoms with Crippen molar-refractivity contribution in [1.29, 1.82) is 0 Å². The highest BCUT2D eigenvalue weighted by molar-refractivity contribution is 5.85. The molecule has 0 radical (unpaired) electrons. The quantitative estimate of drug-likeness (QED) is 0.785. The zero-order valence-electron chi connectivity index (χ0n) is 10.1. The Kier molecular flexibility index (Phi) is 8.40. The van der Waals surface area contributed by atoms with E-state index in [1.807, 2.05) is 35.2 Å². The Bertz CT molecular complexity index is 319. The number of likely N-dealkylation sites (N-methyl/N-ethyl adjacent to an activating group) is 1. The summed E-state index contributed by atoms with van der Waals surface area (Å²) in [6, 6.07) is 10.1. The zero-order chi connectivity index (χ0) is 11.8. The van der Waals surface area contributed by atoms with Crippen LogP contribution in [0.15, 0.2) is 30.3 Å². The summed E-state index contributed by atoms with van der Waals surface area (Å²) in [7, 11) is 1.64. The van der Waals surface area contributed by atoms with Gasteiger partial charge < -0.3 is 11.1 Å². The first kappa shape index (κ1) is 15.9. The van der Waals surface area contributed by atoms with Gasteiger partial charge in [-0.2, -0.15) is 0 Å². The zero-order valence-corrected chi connectivity index (χ0v) is 10.9. The second kappa shape index (κ2) is 8.98. The van der Waals surface area contributed by atoms with Crippen LogP contribution in [-0.4, -0.2) is 37.5 Å². The molecule has 0 aliphatic carbocycles. The largest absolute Gasteiger partial charge is 0.358 e. The maximum absolute atomic E-state index is 11.3. The average molecular weight is 258 g/mol. The lowest BCUT2D eigenvalue weighted by atomic mass is 10.2. The molecule has 0 unspecified atom stereocenters. The minimum atomic E-state index is 0. The smallest absolute Gasteiger partial charge is 0.233 e. The molecule has 0 aliphatic heterocycles. The molecule has 0 bridgehead atoms. The molecule has 1 aromatic carbocycles. The molecule has 1 rings (SSSR count). The number of carbonyl (C=O) groups excluding carboxylic acids is 1. The molecule has 1 amide bonds. The summed E-state index contributed by atoms with van der Waals surface area (Å²) in [6.07, 6.45) is 0. The van der Waals surface area contributed by atoms with Gasteiger partial charge in [-0.1, -0.05) is 30.3 Å². The Morgan fingerprint density at radius 1 is 1.35 bits per heavy atom. The third kappa shape index (κ3) is 6.26. The van der Waals surface area contributed by atoms with Crippen molar-refractivity contribution in [2.24, 2.45) is 5.73 Å². The molecule has 0 fully saturated rings. The molecule has 96 valence electrons. The first-order valence-electron chi connectivity index (χ1n) is 5.43. The van der Waals surface area contributed by atoms with Crippen molar-refractivity contribution in [3.63, 3.8) is 0 Å². The number of nitrogens with two attached hydrogens (primary N) is 1. The van der Waals surface area contributed by atoms with Gasteiger partial charge in [0.25, 0.3) is 0 Å². The van der Waals surface area contributed by atoms with Crippen LogP contribution in [0.25, 0.3) is 0 Å². The number of rotatable bonds is 6. The number of nitrogens with one attached hydrogen (secondary N) is 1. The normalized spacial score (nSPS) is 9.82. The van der Waals surface area contributed by atoms with Crippen LogP contribution in [0.5, 0.6) is 0 Å². The van der Waals surface area contributed by atoms with E-state index in [9.17, 15) is 4.79 Å². The van der Waals surface area contributed by atoms with Gasteiger partial charge in [0.15, 0.2) is 0 Å². The summed E-state index contributed by atoms with van der Waals surface area (Å²) in [5, 5.41) is 2.62. The van der Waals surface area contributed by atoms with Gasteiger partial charge in [0.2, 0.25) is 5.91 Å². The summed E-state index contributed by atoms with van der Waals surface area (Å²) >= 11 is 0. The second-order valence-electron chi connectivity index (χ2n) is 3.66. The molecule has 5 heteroatoms. The van der Waals surface area contributed by atoms with Gasteiger partial charge in [0.1, 0.15) is 0 Å². The number of halogens is 1. The number of carbonyl (C=O) groups is 1. The van der Waals surface area contributed by atoms with Crippen molar-refractivity contribution >= 4 is 18.3 Å². The molecule has 4 nitrogen and oxygen atoms in total. The molecule has 3 N–H and O–H groups in total. The first-order chi connectivity index (χ1) is 7.76. The van der Waals surface area contributed by atoms with Crippen LogP contribution in [0, 0.1) is 0 Å². The monoisotopic (exact) mass is 257 g/mol. The Hall–Kier alpha value is -1.10. The van der Waals surface area contributed by atoms with Crippen molar-refractivity contribution in [3.8, 4) is 0 Å². The van der Waals surface area contributed by atoms with E-state index in [0.717, 1.165) is 13.1 Å². The molecule has 0 saturated carbocycles. The highest BCUT2D eigenvalue weighted by Crippen LogP contribution is 2.03. The van der Waals surface area contributed by atoms with E-state index < -0.39 is 0 Å². The summed E-state index contributed by atoms with van der Waals surface area (Å²) in [5.41, 5.74) is 6.72. The van der Waals surface area contributed by atoms with E-state index in [1.54, 1.807) is 7.05 Å². The number of benzene rings is 1. The Morgan fingerprint density at radius 3 is 2.53 bits per heavy atom. The minimum absolute atomic E-state index is 0. The maximum atomic E-state index is 11.3. The van der Waals surface area contributed by atoms with Crippen LogP contribution in [0.3, 0.4) is 0 Å². The SMILES string of the molecule is CNC(=O)CN(CCN)Cc1ccccc1.Cl. The predicted molar refractivity (Wildman–Crippen MR) is 72.1 cm³/mol. The van der Waals surface area contributed by atoms with Crippen LogP contribution >= 0.6 is 12.4 Å². The lowest BCUT2D eigenvalue weighted by Crippen LogP contribution is -2.37. The van der Waals surface area contributed by atoms with Crippen molar-refractivity contribution in [2.75, 3.05) is 26.7 Å². The molecular formula is C12H20ClN3O. The molecule has 0 heterocycles. The highest BCUT2D eigenvalue weighted by atomic mass is 35.5. The molecule has 0 saturated heterocycles. The Balaban J connectivity index is 0.00000256. The fourth-order valence-electron chi connectivity index (χ4n) is 1.52. The Labute approximate surface area is 109 Å². The highest BCUT2D eigenvalue weighted by Gasteiger charge is 2.08. The van der Waals surface area contributed by atoms with Crippen molar-refractivity contribution in [2.45, 2.75) is 6.54 Å². The van der Waals surface area contributed by atoms with Crippen molar-refractivity contribution in [3.05, 3.63) is 35.9 Å². The fourth-order valence-corrected chi connectivity index (χ4v) is 1.52. The van der Waals surface area contributed by atoms with Gasteiger partial charge in [0.05, 0.1) is 6.54 Å². The van der Waals surface area contributed by atoms with Gasteiger partial charge >= 0.3 is 0 Å². The lowest BCUT2D eigenvalue weighted by molar-refractivity contribution is -0.121. The van der Waals surface area contributed by atoms with E-state index in [2.05, 4.69) is 5.32 Å². The summed E-state index contributed by atoms with van der Waals surface area (Å²) in [6.45, 7) is 2.43. The third-order valence-electron chi connectivity index (χ3n) is 2.34. The van der Waals surface area contributed by atoms with Gasteiger partial charge in [-0.3, -0.25) is 9.69 Å². The van der Waals surface area contributed by atoms with Crippen LogP contribution < -0.4 is 11.1 Å². The van der Waals surface area contributed by atoms with Gasteiger partial charge in [0, 0.05) is 26.7 Å². The van der Waals surface area contributed by atoms with E-state index >= 15 is 0 Å². The Morgan fingerprint density at radius 2 is 2.00 bits per heavy atom. The van der Waals surface area contributed by atoms with E-state index in [0.29, 0.717) is 13.1 Å². The van der Waals surface area contributed by atoms with E-state index in [-0.39, 0.29) is 18.3 Å². The van der Waals surface area contributed by atoms with Gasteiger partial charge in [-0.25, -0.2) is 0 Å².